The summed E-state index contributed by atoms with van der Waals surface area (Å²) in [6.07, 6.45) is 9.18. The first-order valence-electron chi connectivity index (χ1n) is 8.58. The second-order valence-electron chi connectivity index (χ2n) is 7.41. The van der Waals surface area contributed by atoms with Gasteiger partial charge in [-0.25, -0.2) is 0 Å². The molecule has 2 unspecified atom stereocenters. The van der Waals surface area contributed by atoms with E-state index >= 15 is 0 Å². The van der Waals surface area contributed by atoms with Gasteiger partial charge in [-0.3, -0.25) is 0 Å². The Morgan fingerprint density at radius 2 is 1.86 bits per heavy atom. The molecule has 1 aromatic rings. The zero-order valence-electron chi connectivity index (χ0n) is 13.3. The summed E-state index contributed by atoms with van der Waals surface area (Å²) >= 11 is 0. The van der Waals surface area contributed by atoms with E-state index in [1.807, 2.05) is 0 Å². The lowest BCUT2D eigenvalue weighted by atomic mass is 9.57. The van der Waals surface area contributed by atoms with Crippen molar-refractivity contribution in [1.29, 1.82) is 0 Å². The Balaban J connectivity index is 1.90. The van der Waals surface area contributed by atoms with Gasteiger partial charge in [0.15, 0.2) is 0 Å². The van der Waals surface area contributed by atoms with Gasteiger partial charge in [0.1, 0.15) is 0 Å². The predicted octanol–water partition coefficient (Wildman–Crippen LogP) is 3.45. The molecule has 0 spiro atoms. The molecule has 2 aliphatic rings. The highest BCUT2D eigenvalue weighted by atomic mass is 16.3. The van der Waals surface area contributed by atoms with E-state index in [0.29, 0.717) is 12.5 Å². The van der Waals surface area contributed by atoms with Crippen molar-refractivity contribution in [2.45, 2.75) is 63.9 Å². The molecule has 1 saturated carbocycles. The van der Waals surface area contributed by atoms with Crippen LogP contribution in [0.3, 0.4) is 0 Å². The van der Waals surface area contributed by atoms with Crippen LogP contribution in [0.15, 0.2) is 24.3 Å². The Kier molecular flexibility index (Phi) is 4.11. The number of benzene rings is 1. The molecule has 116 valence electrons. The maximum atomic E-state index is 11.5. The number of nitrogens with two attached hydrogens (primary N) is 1. The van der Waals surface area contributed by atoms with Crippen LogP contribution >= 0.6 is 0 Å². The normalized spacial score (nSPS) is 29.7. The first-order valence-corrected chi connectivity index (χ1v) is 8.58. The highest BCUT2D eigenvalue weighted by Gasteiger charge is 2.51. The molecule has 2 atom stereocenters. The fraction of sp³-hybridized carbons (Fsp3) is 0.684. The van der Waals surface area contributed by atoms with Crippen molar-refractivity contribution in [1.82, 2.24) is 0 Å². The summed E-state index contributed by atoms with van der Waals surface area (Å²) < 4.78 is 0. The summed E-state index contributed by atoms with van der Waals surface area (Å²) in [6.45, 7) is 2.66. The third-order valence-corrected chi connectivity index (χ3v) is 6.38. The molecule has 1 aromatic carbocycles. The van der Waals surface area contributed by atoms with E-state index in [1.165, 1.54) is 30.4 Å². The quantitative estimate of drug-likeness (QED) is 0.894. The minimum absolute atomic E-state index is 0.149. The molecule has 3 rings (SSSR count). The number of aryl methyl sites for hydroxylation is 1. The summed E-state index contributed by atoms with van der Waals surface area (Å²) in [7, 11) is 0. The molecule has 0 bridgehead atoms. The number of fused-ring (bicyclic) bond motifs is 1. The predicted molar refractivity (Wildman–Crippen MR) is 87.2 cm³/mol. The topological polar surface area (TPSA) is 46.2 Å². The molecule has 2 aliphatic carbocycles. The Morgan fingerprint density at radius 1 is 1.19 bits per heavy atom. The number of hydrogen-bond donors (Lipinski definition) is 2. The second kappa shape index (κ2) is 5.73. The van der Waals surface area contributed by atoms with Gasteiger partial charge in [-0.2, -0.15) is 0 Å². The Hall–Kier alpha value is -0.860. The highest BCUT2D eigenvalue weighted by molar-refractivity contribution is 5.32. The van der Waals surface area contributed by atoms with Crippen molar-refractivity contribution in [3.63, 3.8) is 0 Å². The van der Waals surface area contributed by atoms with E-state index < -0.39 is 5.60 Å². The van der Waals surface area contributed by atoms with E-state index in [1.54, 1.807) is 0 Å². The van der Waals surface area contributed by atoms with Gasteiger partial charge in [0.2, 0.25) is 0 Å². The Morgan fingerprint density at radius 3 is 2.52 bits per heavy atom. The molecular formula is C19H29NO. The van der Waals surface area contributed by atoms with Crippen molar-refractivity contribution in [2.24, 2.45) is 17.1 Å². The molecule has 0 radical (unpaired) electrons. The summed E-state index contributed by atoms with van der Waals surface area (Å²) in [5.74, 6) is 0.417. The minimum Gasteiger partial charge on any atom is -0.389 e. The zero-order valence-corrected chi connectivity index (χ0v) is 13.3. The van der Waals surface area contributed by atoms with Gasteiger partial charge in [-0.1, -0.05) is 43.5 Å². The Labute approximate surface area is 128 Å². The smallest absolute Gasteiger partial charge is 0.0719 e. The van der Waals surface area contributed by atoms with E-state index in [0.717, 1.165) is 32.1 Å². The summed E-state index contributed by atoms with van der Waals surface area (Å²) in [4.78, 5) is 0. The van der Waals surface area contributed by atoms with Crippen LogP contribution in [-0.2, 0) is 12.8 Å². The van der Waals surface area contributed by atoms with Crippen LogP contribution in [0.4, 0.5) is 0 Å². The van der Waals surface area contributed by atoms with Crippen LogP contribution < -0.4 is 5.73 Å². The van der Waals surface area contributed by atoms with Crippen LogP contribution in [-0.4, -0.2) is 17.3 Å². The molecule has 0 aromatic heterocycles. The maximum Gasteiger partial charge on any atom is 0.0719 e. The van der Waals surface area contributed by atoms with Crippen molar-refractivity contribution in [2.75, 3.05) is 6.54 Å². The largest absolute Gasteiger partial charge is 0.389 e. The molecule has 2 nitrogen and oxygen atoms in total. The van der Waals surface area contributed by atoms with Crippen molar-refractivity contribution < 1.29 is 5.11 Å². The standard InChI is InChI=1S/C19H29NO/c1-18(21,17-9-3-2-4-10-17)19(14-20)12-11-15-7-5-6-8-16(15)13-19/h5-8,17,21H,2-4,9-14,20H2,1H3. The third-order valence-electron chi connectivity index (χ3n) is 6.38. The highest BCUT2D eigenvalue weighted by Crippen LogP contribution is 2.49. The molecule has 0 heterocycles. The van der Waals surface area contributed by atoms with Crippen LogP contribution in [0.2, 0.25) is 0 Å². The lowest BCUT2D eigenvalue weighted by Crippen LogP contribution is -2.58. The van der Waals surface area contributed by atoms with Gasteiger partial charge in [0.25, 0.3) is 0 Å². The summed E-state index contributed by atoms with van der Waals surface area (Å²) in [5, 5.41) is 11.5. The molecule has 2 heteroatoms. The fourth-order valence-electron chi connectivity index (χ4n) is 4.71. The van der Waals surface area contributed by atoms with Gasteiger partial charge in [-0.05, 0) is 56.1 Å². The molecule has 3 N–H and O–H groups in total. The third kappa shape index (κ3) is 2.53. The number of rotatable bonds is 3. The monoisotopic (exact) mass is 287 g/mol. The van der Waals surface area contributed by atoms with Gasteiger partial charge in [0.05, 0.1) is 5.60 Å². The van der Waals surface area contributed by atoms with Crippen LogP contribution in [0.1, 0.15) is 56.6 Å². The van der Waals surface area contributed by atoms with Gasteiger partial charge in [-0.15, -0.1) is 0 Å². The lowest BCUT2D eigenvalue weighted by molar-refractivity contribution is -0.125. The Bertz CT molecular complexity index is 490. The first kappa shape index (κ1) is 15.1. The molecule has 1 fully saturated rings. The van der Waals surface area contributed by atoms with Gasteiger partial charge >= 0.3 is 0 Å². The fourth-order valence-corrected chi connectivity index (χ4v) is 4.71. The van der Waals surface area contributed by atoms with E-state index in [-0.39, 0.29) is 5.41 Å². The van der Waals surface area contributed by atoms with Gasteiger partial charge in [0, 0.05) is 12.0 Å². The maximum absolute atomic E-state index is 11.5. The second-order valence-corrected chi connectivity index (χ2v) is 7.41. The average Bonchev–Trinajstić information content (AvgIpc) is 2.55. The minimum atomic E-state index is -0.643. The average molecular weight is 287 g/mol. The van der Waals surface area contributed by atoms with Crippen molar-refractivity contribution >= 4 is 0 Å². The molecule has 0 saturated heterocycles. The number of aliphatic hydroxyl groups is 1. The van der Waals surface area contributed by atoms with Gasteiger partial charge < -0.3 is 10.8 Å². The van der Waals surface area contributed by atoms with E-state index in [4.69, 9.17) is 5.73 Å². The summed E-state index contributed by atoms with van der Waals surface area (Å²) in [6, 6.07) is 8.68. The van der Waals surface area contributed by atoms with Crippen LogP contribution in [0.25, 0.3) is 0 Å². The van der Waals surface area contributed by atoms with E-state index in [9.17, 15) is 5.11 Å². The van der Waals surface area contributed by atoms with Crippen LogP contribution in [0.5, 0.6) is 0 Å². The van der Waals surface area contributed by atoms with Crippen LogP contribution in [0, 0.1) is 11.3 Å². The molecule has 0 aliphatic heterocycles. The molecular weight excluding hydrogens is 258 g/mol. The first-order chi connectivity index (χ1) is 10.1. The lowest BCUT2D eigenvalue weighted by Gasteiger charge is -2.52. The van der Waals surface area contributed by atoms with E-state index in [2.05, 4.69) is 31.2 Å². The van der Waals surface area contributed by atoms with Crippen molar-refractivity contribution in [3.8, 4) is 0 Å². The summed E-state index contributed by atoms with van der Waals surface area (Å²) in [5.41, 5.74) is 8.27. The zero-order chi connectivity index (χ0) is 14.9. The molecule has 21 heavy (non-hydrogen) atoms. The van der Waals surface area contributed by atoms with Crippen molar-refractivity contribution in [3.05, 3.63) is 35.4 Å². The SMILES string of the molecule is CC(O)(C1CCCCC1)C1(CN)CCc2ccccc2C1. The number of hydrogen-bond acceptors (Lipinski definition) is 2. The molecule has 0 amide bonds.